The van der Waals surface area contributed by atoms with Crippen molar-refractivity contribution in [1.82, 2.24) is 0 Å². The average molecular weight is 653 g/mol. The first-order valence-corrected chi connectivity index (χ1v) is 15.8. The molecule has 48 heavy (non-hydrogen) atoms. The molecule has 1 unspecified atom stereocenters. The van der Waals surface area contributed by atoms with Crippen LogP contribution in [0.15, 0.2) is 97.1 Å². The van der Waals surface area contributed by atoms with Gasteiger partial charge in [-0.15, -0.1) is 0 Å². The van der Waals surface area contributed by atoms with Gasteiger partial charge < -0.3 is 23.7 Å². The number of hydrogen-bond acceptors (Lipinski definition) is 8. The molecule has 0 saturated heterocycles. The Labute approximate surface area is 282 Å². The molecule has 0 saturated carbocycles. The topological polar surface area (TPSA) is 97.4 Å². The van der Waals surface area contributed by atoms with Crippen molar-refractivity contribution in [3.63, 3.8) is 0 Å². The minimum Gasteiger partial charge on any atom is -0.429 e. The number of hydrogen-bond donors (Lipinski definition) is 0. The molecule has 8 heteroatoms. The molecule has 4 rings (SSSR count). The SMILES string of the molecule is CC(C)(C)OC(=O)Oc1ccc(C(C)(C)c2ccc(C(C)(c3ccc(OC=O)cc3)c3ccc(OC(=O)OC(C)(C)C)cc3)cc2)cc1. The molecular formula is C40H44O8. The third kappa shape index (κ3) is 8.82. The molecule has 0 aromatic heterocycles. The van der Waals surface area contributed by atoms with Gasteiger partial charge in [-0.25, -0.2) is 9.59 Å². The molecule has 0 aliphatic rings. The molecule has 0 aliphatic carbocycles. The maximum Gasteiger partial charge on any atom is 0.514 e. The number of ether oxygens (including phenoxy) is 5. The van der Waals surface area contributed by atoms with Crippen LogP contribution in [0.4, 0.5) is 9.59 Å². The van der Waals surface area contributed by atoms with Crippen molar-refractivity contribution in [1.29, 1.82) is 0 Å². The number of carbonyl (C=O) groups excluding carboxylic acids is 3. The van der Waals surface area contributed by atoms with Crippen LogP contribution < -0.4 is 14.2 Å². The second-order valence-electron chi connectivity index (χ2n) is 14.2. The van der Waals surface area contributed by atoms with E-state index in [4.69, 9.17) is 23.7 Å². The zero-order valence-electron chi connectivity index (χ0n) is 29.1. The fraction of sp³-hybridized carbons (Fsp3) is 0.325. The van der Waals surface area contributed by atoms with Crippen molar-refractivity contribution in [2.24, 2.45) is 0 Å². The molecule has 0 fully saturated rings. The lowest BCUT2D eigenvalue weighted by atomic mass is 9.70. The predicted octanol–water partition coefficient (Wildman–Crippen LogP) is 9.53. The van der Waals surface area contributed by atoms with E-state index in [2.05, 4.69) is 45.0 Å². The van der Waals surface area contributed by atoms with E-state index < -0.39 is 28.9 Å². The maximum atomic E-state index is 12.3. The normalized spacial score (nSPS) is 13.1. The largest absolute Gasteiger partial charge is 0.514 e. The van der Waals surface area contributed by atoms with E-state index >= 15 is 0 Å². The van der Waals surface area contributed by atoms with Gasteiger partial charge in [0.1, 0.15) is 28.5 Å². The van der Waals surface area contributed by atoms with Crippen LogP contribution in [0, 0.1) is 0 Å². The lowest BCUT2D eigenvalue weighted by Gasteiger charge is -2.33. The van der Waals surface area contributed by atoms with Gasteiger partial charge in [0.25, 0.3) is 6.47 Å². The summed E-state index contributed by atoms with van der Waals surface area (Å²) >= 11 is 0. The van der Waals surface area contributed by atoms with E-state index in [-0.39, 0.29) is 5.41 Å². The van der Waals surface area contributed by atoms with Crippen molar-refractivity contribution < 1.29 is 38.1 Å². The van der Waals surface area contributed by atoms with Crippen LogP contribution in [0.1, 0.15) is 90.1 Å². The van der Waals surface area contributed by atoms with E-state index in [1.165, 1.54) is 0 Å². The van der Waals surface area contributed by atoms with Crippen LogP contribution >= 0.6 is 0 Å². The summed E-state index contributed by atoms with van der Waals surface area (Å²) in [6.07, 6.45) is -1.52. The monoisotopic (exact) mass is 652 g/mol. The van der Waals surface area contributed by atoms with E-state index in [1.54, 1.807) is 77.9 Å². The van der Waals surface area contributed by atoms with Crippen LogP contribution in [0.3, 0.4) is 0 Å². The molecule has 0 heterocycles. The molecule has 0 N–H and O–H groups in total. The van der Waals surface area contributed by atoms with Crippen LogP contribution in [0.5, 0.6) is 17.2 Å². The molecule has 0 bridgehead atoms. The third-order valence-corrected chi connectivity index (χ3v) is 7.99. The molecule has 4 aromatic rings. The van der Waals surface area contributed by atoms with E-state index in [0.717, 1.165) is 27.8 Å². The summed E-state index contributed by atoms with van der Waals surface area (Å²) in [6.45, 7) is 17.5. The molecule has 0 radical (unpaired) electrons. The third-order valence-electron chi connectivity index (χ3n) is 7.99. The number of carbonyl (C=O) groups is 3. The summed E-state index contributed by atoms with van der Waals surface area (Å²) in [5, 5.41) is 0. The Morgan fingerprint density at radius 2 is 0.750 bits per heavy atom. The minimum atomic E-state index is -0.771. The van der Waals surface area contributed by atoms with Gasteiger partial charge in [-0.05, 0) is 113 Å². The van der Waals surface area contributed by atoms with Gasteiger partial charge in [-0.2, -0.15) is 0 Å². The summed E-state index contributed by atoms with van der Waals surface area (Å²) in [7, 11) is 0. The molecule has 1 atom stereocenters. The first-order valence-electron chi connectivity index (χ1n) is 15.8. The summed E-state index contributed by atoms with van der Waals surface area (Å²) in [5.74, 6) is 1.21. The van der Waals surface area contributed by atoms with Crippen molar-refractivity contribution in [2.75, 3.05) is 0 Å². The van der Waals surface area contributed by atoms with Crippen LogP contribution in [-0.2, 0) is 25.1 Å². The minimum absolute atomic E-state index is 0.365. The van der Waals surface area contributed by atoms with E-state index in [0.29, 0.717) is 23.7 Å². The zero-order chi connectivity index (χ0) is 35.3. The van der Waals surface area contributed by atoms with Crippen molar-refractivity contribution >= 4 is 18.8 Å². The van der Waals surface area contributed by atoms with Gasteiger partial charge in [0.05, 0.1) is 0 Å². The van der Waals surface area contributed by atoms with Crippen molar-refractivity contribution in [2.45, 2.75) is 84.3 Å². The highest BCUT2D eigenvalue weighted by atomic mass is 16.7. The van der Waals surface area contributed by atoms with Crippen LogP contribution in [-0.4, -0.2) is 30.0 Å². The molecule has 4 aromatic carbocycles. The summed E-state index contributed by atoms with van der Waals surface area (Å²) in [4.78, 5) is 35.3. The fourth-order valence-electron chi connectivity index (χ4n) is 5.34. The standard InChI is InChI=1S/C40H44O8/c1-37(2,3)47-35(42)45-33-22-14-28(15-23-33)39(7,8)27-10-12-29(13-11-27)40(9,30-16-20-32(21-17-30)44-26-41)31-18-24-34(25-19-31)46-36(43)48-38(4,5)6/h10-26H,1-9H3. The van der Waals surface area contributed by atoms with Gasteiger partial charge in [0.15, 0.2) is 0 Å². The van der Waals surface area contributed by atoms with Gasteiger partial charge in [0.2, 0.25) is 0 Å². The maximum absolute atomic E-state index is 12.3. The van der Waals surface area contributed by atoms with Gasteiger partial charge in [-0.3, -0.25) is 4.79 Å². The second-order valence-corrected chi connectivity index (χ2v) is 14.2. The Morgan fingerprint density at radius 1 is 0.458 bits per heavy atom. The predicted molar refractivity (Wildman–Crippen MR) is 184 cm³/mol. The average Bonchev–Trinajstić information content (AvgIpc) is 3.00. The van der Waals surface area contributed by atoms with Crippen LogP contribution in [0.2, 0.25) is 0 Å². The quantitative estimate of drug-likeness (QED) is 0.0763. The summed E-state index contributed by atoms with van der Waals surface area (Å²) in [6, 6.07) is 30.6. The Balaban J connectivity index is 1.64. The highest BCUT2D eigenvalue weighted by molar-refractivity contribution is 5.65. The van der Waals surface area contributed by atoms with Gasteiger partial charge in [0, 0.05) is 10.8 Å². The smallest absolute Gasteiger partial charge is 0.429 e. The molecular weight excluding hydrogens is 608 g/mol. The van der Waals surface area contributed by atoms with E-state index in [9.17, 15) is 14.4 Å². The molecule has 252 valence electrons. The van der Waals surface area contributed by atoms with Gasteiger partial charge >= 0.3 is 12.3 Å². The Morgan fingerprint density at radius 3 is 1.08 bits per heavy atom. The van der Waals surface area contributed by atoms with E-state index in [1.807, 2.05) is 36.4 Å². The molecule has 8 nitrogen and oxygen atoms in total. The van der Waals surface area contributed by atoms with Crippen molar-refractivity contribution in [3.8, 4) is 17.2 Å². The number of benzene rings is 4. The first-order chi connectivity index (χ1) is 22.4. The lowest BCUT2D eigenvalue weighted by molar-refractivity contribution is -0.120. The lowest BCUT2D eigenvalue weighted by Crippen LogP contribution is -2.27. The molecule has 0 spiro atoms. The molecule has 0 aliphatic heterocycles. The highest BCUT2D eigenvalue weighted by Crippen LogP contribution is 2.41. The zero-order valence-corrected chi connectivity index (χ0v) is 29.1. The Bertz CT molecular complexity index is 1710. The number of rotatable bonds is 9. The van der Waals surface area contributed by atoms with Crippen molar-refractivity contribution in [3.05, 3.63) is 125 Å². The highest BCUT2D eigenvalue weighted by Gasteiger charge is 2.33. The summed E-state index contributed by atoms with van der Waals surface area (Å²) < 4.78 is 26.4. The van der Waals surface area contributed by atoms with Crippen LogP contribution in [0.25, 0.3) is 0 Å². The van der Waals surface area contributed by atoms with Gasteiger partial charge in [-0.1, -0.05) is 74.5 Å². The summed E-state index contributed by atoms with van der Waals surface area (Å²) in [5.41, 5.74) is 2.76. The first kappa shape index (κ1) is 35.7. The fourth-order valence-corrected chi connectivity index (χ4v) is 5.34. The second kappa shape index (κ2) is 13.9. The Kier molecular flexibility index (Phi) is 10.4. The molecule has 0 amide bonds. The Hall–Kier alpha value is -5.11.